The molecule has 3 aromatic carbocycles. The van der Waals surface area contributed by atoms with Crippen LogP contribution in [0.4, 0.5) is 5.69 Å². The van der Waals surface area contributed by atoms with E-state index in [-0.39, 0.29) is 0 Å². The van der Waals surface area contributed by atoms with E-state index in [1.54, 1.807) is 0 Å². The van der Waals surface area contributed by atoms with Gasteiger partial charge in [0.1, 0.15) is 0 Å². The molecule has 0 aliphatic heterocycles. The van der Waals surface area contributed by atoms with Crippen LogP contribution in [-0.4, -0.2) is 0 Å². The Morgan fingerprint density at radius 2 is 1.36 bits per heavy atom. The summed E-state index contributed by atoms with van der Waals surface area (Å²) in [4.78, 5) is 5.28. The molecular formula is C26H25NS. The molecule has 0 bridgehead atoms. The van der Waals surface area contributed by atoms with E-state index in [0.717, 1.165) is 5.69 Å². The third-order valence-corrected chi connectivity index (χ3v) is 9.55. The number of nitrogen functional groups attached to an aromatic ring is 1. The zero-order valence-corrected chi connectivity index (χ0v) is 16.9. The summed E-state index contributed by atoms with van der Waals surface area (Å²) in [6, 6.07) is 30.0. The van der Waals surface area contributed by atoms with E-state index in [4.69, 9.17) is 12.2 Å². The van der Waals surface area contributed by atoms with Gasteiger partial charge in [-0.05, 0) is 77.8 Å². The van der Waals surface area contributed by atoms with Crippen LogP contribution in [0.2, 0.25) is 0 Å². The van der Waals surface area contributed by atoms with Crippen LogP contribution in [-0.2, 0) is 0 Å². The first kappa shape index (κ1) is 18.5. The summed E-state index contributed by atoms with van der Waals surface area (Å²) < 4.78 is 0. The molecule has 0 saturated heterocycles. The van der Waals surface area contributed by atoms with E-state index in [0.29, 0.717) is 11.8 Å². The van der Waals surface area contributed by atoms with Crippen LogP contribution < -0.4 is 5.73 Å². The summed E-state index contributed by atoms with van der Waals surface area (Å²) in [7, 11) is -1.66. The highest BCUT2D eigenvalue weighted by Crippen LogP contribution is 2.77. The van der Waals surface area contributed by atoms with E-state index in [1.165, 1.54) is 26.0 Å². The Labute approximate surface area is 169 Å². The molecule has 2 heteroatoms. The van der Waals surface area contributed by atoms with Gasteiger partial charge in [-0.15, -0.1) is 16.5 Å². The second-order valence-corrected chi connectivity index (χ2v) is 10.5. The average molecular weight is 384 g/mol. The maximum Gasteiger partial charge on any atom is 0.0314 e. The van der Waals surface area contributed by atoms with Crippen molar-refractivity contribution < 1.29 is 0 Å². The lowest BCUT2D eigenvalue weighted by molar-refractivity contribution is 0.886. The lowest BCUT2D eigenvalue weighted by atomic mass is 10.3. The molecule has 1 fully saturated rings. The normalized spacial score (nSPS) is 19.6. The maximum absolute atomic E-state index is 6.04. The van der Waals surface area contributed by atoms with Crippen molar-refractivity contribution in [2.45, 2.75) is 28.0 Å². The number of allylic oxidation sites excluding steroid dienone is 2. The standard InChI is InChI=1S/C26H25NS/c1-3-10-26(25-19-20(25)2)28(22-11-6-4-7-12-22,23-13-8-5-9-14-23)24-17-15-21(27)16-18-24/h1,4-18,20,25H,19,27H2,2H3/b26-10+. The topological polar surface area (TPSA) is 26.0 Å². The summed E-state index contributed by atoms with van der Waals surface area (Å²) in [5.41, 5.74) is 6.82. The van der Waals surface area contributed by atoms with Crippen molar-refractivity contribution in [1.82, 2.24) is 0 Å². The fourth-order valence-electron chi connectivity index (χ4n) is 3.96. The molecule has 1 aliphatic rings. The molecule has 140 valence electrons. The van der Waals surface area contributed by atoms with Crippen LogP contribution in [0.1, 0.15) is 13.3 Å². The lowest BCUT2D eigenvalue weighted by Crippen LogP contribution is -2.09. The van der Waals surface area contributed by atoms with Gasteiger partial charge in [0.15, 0.2) is 0 Å². The average Bonchev–Trinajstić information content (AvgIpc) is 3.47. The van der Waals surface area contributed by atoms with Gasteiger partial charge >= 0.3 is 0 Å². The summed E-state index contributed by atoms with van der Waals surface area (Å²) in [6.07, 6.45) is 9.10. The zero-order chi connectivity index (χ0) is 19.6. The smallest absolute Gasteiger partial charge is 0.0314 e. The summed E-state index contributed by atoms with van der Waals surface area (Å²) >= 11 is 0. The lowest BCUT2D eigenvalue weighted by Gasteiger charge is -2.44. The molecule has 0 aromatic heterocycles. The Morgan fingerprint density at radius 3 is 1.79 bits per heavy atom. The number of anilines is 1. The maximum atomic E-state index is 6.04. The van der Waals surface area contributed by atoms with Crippen LogP contribution in [0.3, 0.4) is 0 Å². The molecular weight excluding hydrogens is 358 g/mol. The molecule has 4 rings (SSSR count). The van der Waals surface area contributed by atoms with Gasteiger partial charge in [-0.2, -0.15) is 0 Å². The number of rotatable bonds is 5. The van der Waals surface area contributed by atoms with Crippen molar-refractivity contribution in [3.63, 3.8) is 0 Å². The Hall–Kier alpha value is -2.89. The quantitative estimate of drug-likeness (QED) is 0.384. The van der Waals surface area contributed by atoms with Crippen LogP contribution in [0.5, 0.6) is 0 Å². The van der Waals surface area contributed by atoms with E-state index < -0.39 is 10.0 Å². The highest BCUT2D eigenvalue weighted by molar-refractivity contribution is 8.37. The molecule has 0 amide bonds. The number of benzene rings is 3. The first-order valence-electron chi connectivity index (χ1n) is 9.63. The van der Waals surface area contributed by atoms with E-state index in [1.807, 2.05) is 18.2 Å². The van der Waals surface area contributed by atoms with Gasteiger partial charge in [0.2, 0.25) is 0 Å². The summed E-state index contributed by atoms with van der Waals surface area (Å²) in [5.74, 6) is 4.05. The minimum absolute atomic E-state index is 0.518. The van der Waals surface area contributed by atoms with Gasteiger partial charge in [0.25, 0.3) is 0 Å². The second-order valence-electron chi connectivity index (χ2n) is 7.34. The number of terminal acetylenes is 1. The Morgan fingerprint density at radius 1 is 0.893 bits per heavy atom. The third kappa shape index (κ3) is 3.13. The molecule has 28 heavy (non-hydrogen) atoms. The predicted molar refractivity (Wildman–Crippen MR) is 120 cm³/mol. The Bertz CT molecular complexity index is 974. The summed E-state index contributed by atoms with van der Waals surface area (Å²) in [5, 5.41) is 0. The second kappa shape index (κ2) is 7.62. The Balaban J connectivity index is 2.10. The van der Waals surface area contributed by atoms with Gasteiger partial charge in [0, 0.05) is 20.4 Å². The molecule has 2 atom stereocenters. The van der Waals surface area contributed by atoms with E-state index in [2.05, 4.69) is 85.6 Å². The molecule has 2 N–H and O–H groups in total. The van der Waals surface area contributed by atoms with Crippen molar-refractivity contribution >= 4 is 15.7 Å². The molecule has 0 radical (unpaired) electrons. The summed E-state index contributed by atoms with van der Waals surface area (Å²) in [6.45, 7) is 2.32. The molecule has 3 aromatic rings. The fourth-order valence-corrected chi connectivity index (χ4v) is 8.30. The van der Waals surface area contributed by atoms with Gasteiger partial charge in [-0.25, -0.2) is 0 Å². The van der Waals surface area contributed by atoms with Crippen LogP contribution in [0.15, 0.2) is 111 Å². The largest absolute Gasteiger partial charge is 0.399 e. The van der Waals surface area contributed by atoms with Crippen molar-refractivity contribution in [2.24, 2.45) is 11.8 Å². The molecule has 0 heterocycles. The zero-order valence-electron chi connectivity index (χ0n) is 16.1. The molecule has 0 spiro atoms. The highest BCUT2D eigenvalue weighted by Gasteiger charge is 2.46. The van der Waals surface area contributed by atoms with Gasteiger partial charge in [0.05, 0.1) is 0 Å². The minimum atomic E-state index is -1.66. The van der Waals surface area contributed by atoms with Crippen LogP contribution in [0.25, 0.3) is 0 Å². The number of nitrogens with two attached hydrogens (primary N) is 1. The first-order valence-corrected chi connectivity index (χ1v) is 11.3. The minimum Gasteiger partial charge on any atom is -0.399 e. The monoisotopic (exact) mass is 383 g/mol. The van der Waals surface area contributed by atoms with Crippen molar-refractivity contribution in [1.29, 1.82) is 0 Å². The molecule has 1 aliphatic carbocycles. The van der Waals surface area contributed by atoms with Crippen LogP contribution in [0, 0.1) is 24.2 Å². The molecule has 1 nitrogen and oxygen atoms in total. The van der Waals surface area contributed by atoms with Gasteiger partial charge in [-0.3, -0.25) is 0 Å². The molecule has 1 saturated carbocycles. The van der Waals surface area contributed by atoms with E-state index in [9.17, 15) is 0 Å². The predicted octanol–water partition coefficient (Wildman–Crippen LogP) is 6.72. The molecule has 2 unspecified atom stereocenters. The Kier molecular flexibility index (Phi) is 5.03. The van der Waals surface area contributed by atoms with Crippen LogP contribution >= 0.6 is 10.0 Å². The van der Waals surface area contributed by atoms with Gasteiger partial charge in [-0.1, -0.05) is 49.2 Å². The SMILES string of the molecule is C#C/C=C(\C1CC1C)S(c1ccccc1)(c1ccccc1)c1ccc(N)cc1. The van der Waals surface area contributed by atoms with E-state index >= 15 is 0 Å². The van der Waals surface area contributed by atoms with Gasteiger partial charge < -0.3 is 5.73 Å². The van der Waals surface area contributed by atoms with Crippen molar-refractivity contribution in [3.8, 4) is 12.3 Å². The number of hydrogen-bond donors (Lipinski definition) is 1. The van der Waals surface area contributed by atoms with Crippen molar-refractivity contribution in [3.05, 3.63) is 95.9 Å². The first-order chi connectivity index (χ1) is 13.7. The fraction of sp³-hybridized carbons (Fsp3) is 0.154. The number of hydrogen-bond acceptors (Lipinski definition) is 1. The highest BCUT2D eigenvalue weighted by atomic mass is 32.3. The van der Waals surface area contributed by atoms with Crippen molar-refractivity contribution in [2.75, 3.05) is 5.73 Å². The third-order valence-electron chi connectivity index (χ3n) is 5.48.